The predicted molar refractivity (Wildman–Crippen MR) is 124 cm³/mol. The second-order valence-electron chi connectivity index (χ2n) is 7.86. The van der Waals surface area contributed by atoms with Gasteiger partial charge in [0.05, 0.1) is 10.6 Å². The number of rotatable bonds is 4. The van der Waals surface area contributed by atoms with Gasteiger partial charge < -0.3 is 4.90 Å². The fourth-order valence-electron chi connectivity index (χ4n) is 3.97. The lowest BCUT2D eigenvalue weighted by atomic mass is 10.0. The molecule has 1 aromatic heterocycles. The second-order valence-corrected chi connectivity index (χ2v) is 10.6. The molecule has 0 N–H and O–H groups in total. The average molecular weight is 442 g/mol. The highest BCUT2D eigenvalue weighted by molar-refractivity contribution is 7.89. The molecule has 2 heterocycles. The predicted octanol–water partition coefficient (Wildman–Crippen LogP) is 4.55. The van der Waals surface area contributed by atoms with Crippen molar-refractivity contribution in [2.24, 2.45) is 0 Å². The first-order valence-electron chi connectivity index (χ1n) is 10.1. The number of hydrogen-bond donors (Lipinski definition) is 0. The van der Waals surface area contributed by atoms with Crippen LogP contribution in [-0.4, -0.2) is 43.9 Å². The number of aryl methyl sites for hydroxylation is 2. The zero-order chi connectivity index (χ0) is 21.5. The summed E-state index contributed by atoms with van der Waals surface area (Å²) in [6.45, 7) is 9.99. The quantitative estimate of drug-likeness (QED) is 0.596. The molecule has 0 bridgehead atoms. The molecule has 0 saturated carbocycles. The molecule has 5 nitrogen and oxygen atoms in total. The molecule has 3 aromatic rings. The maximum Gasteiger partial charge on any atom is 0.243 e. The molecule has 7 heteroatoms. The molecule has 4 rings (SSSR count). The van der Waals surface area contributed by atoms with E-state index in [0.29, 0.717) is 31.1 Å². The minimum atomic E-state index is -3.52. The van der Waals surface area contributed by atoms with Crippen molar-refractivity contribution in [2.75, 3.05) is 31.1 Å². The van der Waals surface area contributed by atoms with Crippen molar-refractivity contribution in [1.82, 2.24) is 9.29 Å². The number of aromatic nitrogens is 1. The summed E-state index contributed by atoms with van der Waals surface area (Å²) in [4.78, 5) is 7.44. The van der Waals surface area contributed by atoms with Gasteiger partial charge in [-0.3, -0.25) is 0 Å². The summed E-state index contributed by atoms with van der Waals surface area (Å²) in [6.07, 6.45) is 0. The lowest BCUT2D eigenvalue weighted by Gasteiger charge is -2.34. The van der Waals surface area contributed by atoms with Crippen LogP contribution in [0.4, 0.5) is 5.13 Å². The summed E-state index contributed by atoms with van der Waals surface area (Å²) >= 11 is 1.61. The monoisotopic (exact) mass is 441 g/mol. The fourth-order valence-corrected chi connectivity index (χ4v) is 6.85. The van der Waals surface area contributed by atoms with E-state index in [1.54, 1.807) is 15.6 Å². The van der Waals surface area contributed by atoms with Crippen LogP contribution in [0.1, 0.15) is 22.3 Å². The smallest absolute Gasteiger partial charge is 0.243 e. The Morgan fingerprint density at radius 2 is 1.50 bits per heavy atom. The minimum Gasteiger partial charge on any atom is -0.345 e. The molecule has 2 aromatic carbocycles. The Kier molecular flexibility index (Phi) is 5.70. The van der Waals surface area contributed by atoms with Gasteiger partial charge in [-0.05, 0) is 49.9 Å². The Bertz CT molecular complexity index is 1140. The van der Waals surface area contributed by atoms with Crippen LogP contribution < -0.4 is 4.90 Å². The van der Waals surface area contributed by atoms with Crippen LogP contribution in [0.3, 0.4) is 0 Å². The van der Waals surface area contributed by atoms with Gasteiger partial charge in [0.25, 0.3) is 0 Å². The van der Waals surface area contributed by atoms with E-state index in [2.05, 4.69) is 28.5 Å². The standard InChI is InChI=1S/C23H27N3O2S2/c1-16-14-17(2)19(4)22(18(16)3)30(27,28)26-12-10-25(11-13-26)23-24-21(15-29-23)20-8-6-5-7-9-20/h5-9,14-15H,10-13H2,1-4H3. The first-order valence-corrected chi connectivity index (χ1v) is 12.4. The van der Waals surface area contributed by atoms with Crippen LogP contribution in [0, 0.1) is 27.7 Å². The van der Waals surface area contributed by atoms with Crippen molar-refractivity contribution in [1.29, 1.82) is 0 Å². The summed E-state index contributed by atoms with van der Waals surface area (Å²) in [6, 6.07) is 12.2. The number of sulfonamides is 1. The van der Waals surface area contributed by atoms with Gasteiger partial charge in [-0.25, -0.2) is 13.4 Å². The topological polar surface area (TPSA) is 53.5 Å². The van der Waals surface area contributed by atoms with Gasteiger partial charge in [0.1, 0.15) is 0 Å². The third-order valence-corrected chi connectivity index (χ3v) is 9.04. The molecule has 0 aliphatic carbocycles. The second kappa shape index (κ2) is 8.13. The van der Waals surface area contributed by atoms with E-state index in [9.17, 15) is 8.42 Å². The average Bonchev–Trinajstić information content (AvgIpc) is 3.23. The van der Waals surface area contributed by atoms with Crippen LogP contribution in [0.5, 0.6) is 0 Å². The third kappa shape index (κ3) is 3.77. The Labute approximate surface area is 183 Å². The highest BCUT2D eigenvalue weighted by Crippen LogP contribution is 2.31. The number of hydrogen-bond acceptors (Lipinski definition) is 5. The van der Waals surface area contributed by atoms with E-state index in [0.717, 1.165) is 38.6 Å². The highest BCUT2D eigenvalue weighted by atomic mass is 32.2. The van der Waals surface area contributed by atoms with Crippen molar-refractivity contribution < 1.29 is 8.42 Å². The molecule has 0 amide bonds. The molecule has 30 heavy (non-hydrogen) atoms. The van der Waals surface area contributed by atoms with Crippen molar-refractivity contribution in [3.63, 3.8) is 0 Å². The van der Waals surface area contributed by atoms with E-state index in [1.807, 2.05) is 45.9 Å². The molecule has 1 aliphatic heterocycles. The maximum atomic E-state index is 13.5. The highest BCUT2D eigenvalue weighted by Gasteiger charge is 2.32. The van der Waals surface area contributed by atoms with Gasteiger partial charge in [0.15, 0.2) is 5.13 Å². The third-order valence-electron chi connectivity index (χ3n) is 5.97. The van der Waals surface area contributed by atoms with Gasteiger partial charge in [0.2, 0.25) is 10.0 Å². The van der Waals surface area contributed by atoms with Crippen molar-refractivity contribution in [2.45, 2.75) is 32.6 Å². The number of nitrogens with zero attached hydrogens (tertiary/aromatic N) is 3. The summed E-state index contributed by atoms with van der Waals surface area (Å²) in [5, 5.41) is 3.01. The lowest BCUT2D eigenvalue weighted by Crippen LogP contribution is -2.49. The molecule has 0 atom stereocenters. The minimum absolute atomic E-state index is 0.467. The SMILES string of the molecule is Cc1cc(C)c(C)c(S(=O)(=O)N2CCN(c3nc(-c4ccccc4)cs3)CC2)c1C. The first-order chi connectivity index (χ1) is 14.3. The summed E-state index contributed by atoms with van der Waals surface area (Å²) in [7, 11) is -3.52. The Morgan fingerprint density at radius 3 is 2.10 bits per heavy atom. The number of thiazole rings is 1. The van der Waals surface area contributed by atoms with Crippen molar-refractivity contribution in [3.8, 4) is 11.3 Å². The van der Waals surface area contributed by atoms with E-state index in [1.165, 1.54) is 0 Å². The molecule has 1 saturated heterocycles. The zero-order valence-corrected chi connectivity index (χ0v) is 19.5. The molecule has 158 valence electrons. The number of piperazine rings is 1. The van der Waals surface area contributed by atoms with Crippen LogP contribution in [0.25, 0.3) is 11.3 Å². The van der Waals surface area contributed by atoms with Gasteiger partial charge in [-0.2, -0.15) is 4.31 Å². The van der Waals surface area contributed by atoms with Crippen LogP contribution >= 0.6 is 11.3 Å². The summed E-state index contributed by atoms with van der Waals surface area (Å²) < 4.78 is 28.5. The van der Waals surface area contributed by atoms with Gasteiger partial charge in [0, 0.05) is 37.1 Å². The van der Waals surface area contributed by atoms with Crippen molar-refractivity contribution >= 4 is 26.5 Å². The van der Waals surface area contributed by atoms with Crippen LogP contribution in [-0.2, 0) is 10.0 Å². The largest absolute Gasteiger partial charge is 0.345 e. The van der Waals surface area contributed by atoms with E-state index >= 15 is 0 Å². The number of anilines is 1. The Morgan fingerprint density at radius 1 is 0.900 bits per heavy atom. The Balaban J connectivity index is 1.52. The zero-order valence-electron chi connectivity index (χ0n) is 17.8. The molecule has 0 unspecified atom stereocenters. The van der Waals surface area contributed by atoms with Crippen molar-refractivity contribution in [3.05, 3.63) is 64.0 Å². The van der Waals surface area contributed by atoms with Crippen LogP contribution in [0.15, 0.2) is 46.7 Å². The molecular formula is C23H27N3O2S2. The Hall–Kier alpha value is -2.22. The summed E-state index contributed by atoms with van der Waals surface area (Å²) in [5.74, 6) is 0. The van der Waals surface area contributed by atoms with Gasteiger partial charge >= 0.3 is 0 Å². The molecule has 0 spiro atoms. The first kappa shape index (κ1) is 21.0. The lowest BCUT2D eigenvalue weighted by molar-refractivity contribution is 0.384. The molecule has 1 aliphatic rings. The number of benzene rings is 2. The normalized spacial score (nSPS) is 15.5. The molecular weight excluding hydrogens is 414 g/mol. The molecule has 1 fully saturated rings. The van der Waals surface area contributed by atoms with E-state index in [-0.39, 0.29) is 0 Å². The molecule has 0 radical (unpaired) electrons. The fraction of sp³-hybridized carbons (Fsp3) is 0.348. The van der Waals surface area contributed by atoms with E-state index in [4.69, 9.17) is 4.98 Å². The summed E-state index contributed by atoms with van der Waals surface area (Å²) in [5.41, 5.74) is 5.81. The maximum absolute atomic E-state index is 13.5. The van der Waals surface area contributed by atoms with Gasteiger partial charge in [-0.1, -0.05) is 36.4 Å². The van der Waals surface area contributed by atoms with Gasteiger partial charge in [-0.15, -0.1) is 11.3 Å². The van der Waals surface area contributed by atoms with Crippen LogP contribution in [0.2, 0.25) is 0 Å². The van der Waals surface area contributed by atoms with E-state index < -0.39 is 10.0 Å².